The molecule has 1 aliphatic rings. The zero-order valence-corrected chi connectivity index (χ0v) is 11.2. The lowest BCUT2D eigenvalue weighted by Gasteiger charge is -2.25. The van der Waals surface area contributed by atoms with Gasteiger partial charge in [-0.25, -0.2) is 4.99 Å². The summed E-state index contributed by atoms with van der Waals surface area (Å²) in [5.74, 6) is 1.22. The van der Waals surface area contributed by atoms with Gasteiger partial charge in [0, 0.05) is 6.54 Å². The molecule has 1 aliphatic carbocycles. The number of nitrogens with one attached hydrogen (secondary N) is 1. The van der Waals surface area contributed by atoms with Crippen LogP contribution in [0.5, 0.6) is 5.75 Å². The highest BCUT2D eigenvalue weighted by Crippen LogP contribution is 2.25. The van der Waals surface area contributed by atoms with Gasteiger partial charge in [0.15, 0.2) is 5.96 Å². The van der Waals surface area contributed by atoms with Gasteiger partial charge < -0.3 is 15.8 Å². The van der Waals surface area contributed by atoms with Gasteiger partial charge in [-0.2, -0.15) is 8.78 Å². The number of alkyl halides is 2. The molecular weight excluding hydrogens is 264 g/mol. The van der Waals surface area contributed by atoms with Crippen LogP contribution in [0, 0.1) is 5.92 Å². The second-order valence-corrected chi connectivity index (χ2v) is 4.91. The first-order valence-corrected chi connectivity index (χ1v) is 6.71. The first kappa shape index (κ1) is 14.6. The average molecular weight is 283 g/mol. The summed E-state index contributed by atoms with van der Waals surface area (Å²) in [4.78, 5) is 4.19. The molecule has 20 heavy (non-hydrogen) atoms. The van der Waals surface area contributed by atoms with Gasteiger partial charge in [0.05, 0.1) is 6.54 Å². The number of nitrogens with two attached hydrogens (primary N) is 1. The van der Waals surface area contributed by atoms with E-state index >= 15 is 0 Å². The summed E-state index contributed by atoms with van der Waals surface area (Å²) < 4.78 is 28.5. The van der Waals surface area contributed by atoms with Crippen LogP contribution in [0.25, 0.3) is 0 Å². The topological polar surface area (TPSA) is 59.6 Å². The zero-order chi connectivity index (χ0) is 14.4. The quantitative estimate of drug-likeness (QED) is 0.623. The SMILES string of the molecule is NC(=NCc1cccc(OC(F)F)c1)NCC1CCC1. The molecule has 3 N–H and O–H groups in total. The van der Waals surface area contributed by atoms with Crippen molar-refractivity contribution in [2.45, 2.75) is 32.4 Å². The Kier molecular flexibility index (Phi) is 5.15. The number of hydrogen-bond donors (Lipinski definition) is 2. The third kappa shape index (κ3) is 4.68. The fourth-order valence-electron chi connectivity index (χ4n) is 2.00. The van der Waals surface area contributed by atoms with E-state index in [0.717, 1.165) is 12.1 Å². The van der Waals surface area contributed by atoms with Crippen molar-refractivity contribution in [1.29, 1.82) is 0 Å². The smallest absolute Gasteiger partial charge is 0.387 e. The van der Waals surface area contributed by atoms with Crippen molar-refractivity contribution in [2.24, 2.45) is 16.6 Å². The number of guanidine groups is 1. The van der Waals surface area contributed by atoms with Gasteiger partial charge in [-0.05, 0) is 36.5 Å². The highest BCUT2D eigenvalue weighted by Gasteiger charge is 2.16. The van der Waals surface area contributed by atoms with Crippen LogP contribution in [-0.4, -0.2) is 19.1 Å². The van der Waals surface area contributed by atoms with Crippen LogP contribution in [0.2, 0.25) is 0 Å². The Hall–Kier alpha value is -1.85. The van der Waals surface area contributed by atoms with E-state index in [-0.39, 0.29) is 5.75 Å². The molecule has 0 unspecified atom stereocenters. The Morgan fingerprint density at radius 3 is 2.90 bits per heavy atom. The van der Waals surface area contributed by atoms with Gasteiger partial charge in [0.25, 0.3) is 0 Å². The van der Waals surface area contributed by atoms with Crippen molar-refractivity contribution in [2.75, 3.05) is 6.54 Å². The predicted octanol–water partition coefficient (Wildman–Crippen LogP) is 2.49. The van der Waals surface area contributed by atoms with Gasteiger partial charge in [-0.1, -0.05) is 18.6 Å². The minimum absolute atomic E-state index is 0.133. The second-order valence-electron chi connectivity index (χ2n) is 4.91. The summed E-state index contributed by atoms with van der Waals surface area (Å²) in [7, 11) is 0. The molecule has 4 nitrogen and oxygen atoms in total. The second kappa shape index (κ2) is 7.07. The number of aliphatic imine (C=N–C) groups is 1. The van der Waals surface area contributed by atoms with Crippen LogP contribution in [0.3, 0.4) is 0 Å². The molecule has 1 fully saturated rings. The van der Waals surface area contributed by atoms with Gasteiger partial charge in [-0.3, -0.25) is 0 Å². The minimum atomic E-state index is -2.82. The summed E-state index contributed by atoms with van der Waals surface area (Å²) in [6.45, 7) is -1.63. The third-order valence-electron chi connectivity index (χ3n) is 3.35. The maximum Gasteiger partial charge on any atom is 0.387 e. The molecule has 0 radical (unpaired) electrons. The molecule has 0 heterocycles. The van der Waals surface area contributed by atoms with Crippen LogP contribution in [-0.2, 0) is 6.54 Å². The molecule has 0 saturated heterocycles. The lowest BCUT2D eigenvalue weighted by atomic mass is 9.85. The molecule has 0 bridgehead atoms. The number of nitrogens with zero attached hydrogens (tertiary/aromatic N) is 1. The molecular formula is C14H19F2N3O. The first-order chi connectivity index (χ1) is 9.63. The highest BCUT2D eigenvalue weighted by atomic mass is 19.3. The van der Waals surface area contributed by atoms with Crippen LogP contribution in [0.15, 0.2) is 29.3 Å². The van der Waals surface area contributed by atoms with Crippen molar-refractivity contribution in [3.8, 4) is 5.75 Å². The van der Waals surface area contributed by atoms with E-state index in [9.17, 15) is 8.78 Å². The van der Waals surface area contributed by atoms with Crippen molar-refractivity contribution in [3.05, 3.63) is 29.8 Å². The summed E-state index contributed by atoms with van der Waals surface area (Å²) in [5, 5.41) is 3.08. The summed E-state index contributed by atoms with van der Waals surface area (Å²) in [6, 6.07) is 6.47. The van der Waals surface area contributed by atoms with E-state index in [1.165, 1.54) is 31.4 Å². The van der Waals surface area contributed by atoms with Crippen molar-refractivity contribution in [1.82, 2.24) is 5.32 Å². The van der Waals surface area contributed by atoms with E-state index in [4.69, 9.17) is 5.73 Å². The van der Waals surface area contributed by atoms with Gasteiger partial charge in [0.2, 0.25) is 0 Å². The Bertz CT molecular complexity index is 461. The Morgan fingerprint density at radius 2 is 2.25 bits per heavy atom. The first-order valence-electron chi connectivity index (χ1n) is 6.71. The van der Waals surface area contributed by atoms with Crippen LogP contribution in [0.4, 0.5) is 8.78 Å². The number of halogens is 2. The molecule has 0 amide bonds. The Morgan fingerprint density at radius 1 is 1.45 bits per heavy atom. The van der Waals surface area contributed by atoms with E-state index < -0.39 is 6.61 Å². The normalized spacial score (nSPS) is 16.1. The maximum atomic E-state index is 12.1. The third-order valence-corrected chi connectivity index (χ3v) is 3.35. The summed E-state index contributed by atoms with van der Waals surface area (Å²) in [5.41, 5.74) is 6.53. The maximum absolute atomic E-state index is 12.1. The van der Waals surface area contributed by atoms with Crippen LogP contribution in [0.1, 0.15) is 24.8 Å². The molecule has 1 aromatic rings. The molecule has 0 aromatic heterocycles. The lowest BCUT2D eigenvalue weighted by Crippen LogP contribution is -2.37. The standard InChI is InChI=1S/C14H19F2N3O/c15-13(16)20-12-6-2-5-11(7-12)9-19-14(17)18-8-10-3-1-4-10/h2,5-7,10,13H,1,3-4,8-9H2,(H3,17,18,19). The van der Waals surface area contributed by atoms with Crippen LogP contribution >= 0.6 is 0 Å². The van der Waals surface area contributed by atoms with Gasteiger partial charge in [-0.15, -0.1) is 0 Å². The van der Waals surface area contributed by atoms with E-state index in [2.05, 4.69) is 15.0 Å². The van der Waals surface area contributed by atoms with Crippen molar-refractivity contribution in [3.63, 3.8) is 0 Å². The fraction of sp³-hybridized carbons (Fsp3) is 0.500. The van der Waals surface area contributed by atoms with E-state index in [1.807, 2.05) is 0 Å². The highest BCUT2D eigenvalue weighted by molar-refractivity contribution is 5.77. The van der Waals surface area contributed by atoms with Gasteiger partial charge >= 0.3 is 6.61 Å². The Balaban J connectivity index is 1.82. The molecule has 1 aromatic carbocycles. The molecule has 1 saturated carbocycles. The number of rotatable bonds is 6. The average Bonchev–Trinajstić information content (AvgIpc) is 2.34. The minimum Gasteiger partial charge on any atom is -0.435 e. The van der Waals surface area contributed by atoms with Crippen molar-refractivity contribution >= 4 is 5.96 Å². The summed E-state index contributed by atoms with van der Waals surface area (Å²) in [6.07, 6.45) is 3.78. The number of hydrogen-bond acceptors (Lipinski definition) is 2. The van der Waals surface area contributed by atoms with E-state index in [0.29, 0.717) is 18.4 Å². The molecule has 110 valence electrons. The molecule has 2 rings (SSSR count). The molecule has 0 atom stereocenters. The van der Waals surface area contributed by atoms with Crippen molar-refractivity contribution < 1.29 is 13.5 Å². The molecule has 0 aliphatic heterocycles. The zero-order valence-electron chi connectivity index (χ0n) is 11.2. The van der Waals surface area contributed by atoms with E-state index in [1.54, 1.807) is 12.1 Å². The van der Waals surface area contributed by atoms with Gasteiger partial charge in [0.1, 0.15) is 5.75 Å². The number of benzene rings is 1. The summed E-state index contributed by atoms with van der Waals surface area (Å²) >= 11 is 0. The predicted molar refractivity (Wildman–Crippen MR) is 73.7 cm³/mol. The lowest BCUT2D eigenvalue weighted by molar-refractivity contribution is -0.0498. The van der Waals surface area contributed by atoms with Crippen LogP contribution < -0.4 is 15.8 Å². The molecule has 6 heteroatoms. The molecule has 0 spiro atoms. The fourth-order valence-corrected chi connectivity index (χ4v) is 2.00. The Labute approximate surface area is 117 Å². The monoisotopic (exact) mass is 283 g/mol. The largest absolute Gasteiger partial charge is 0.435 e. The number of ether oxygens (including phenoxy) is 1.